The van der Waals surface area contributed by atoms with Crippen molar-refractivity contribution in [1.29, 1.82) is 0 Å². The Morgan fingerprint density at radius 3 is 2.62 bits per heavy atom. The molecule has 0 fully saturated rings. The van der Waals surface area contributed by atoms with Crippen LogP contribution in [0, 0.1) is 0 Å². The maximum Gasteiger partial charge on any atom is 0.244 e. The van der Waals surface area contributed by atoms with E-state index in [1.54, 1.807) is 6.08 Å². The molecule has 0 aromatic heterocycles. The van der Waals surface area contributed by atoms with Gasteiger partial charge in [-0.25, -0.2) is 0 Å². The first-order valence-corrected chi connectivity index (χ1v) is 15.7. The minimum atomic E-state index is -0.0751. The molecule has 42 heavy (non-hydrogen) atoms. The Morgan fingerprint density at radius 1 is 1.10 bits per heavy atom. The van der Waals surface area contributed by atoms with Crippen LogP contribution in [0.4, 0.5) is 0 Å². The third-order valence-electron chi connectivity index (χ3n) is 7.27. The molecule has 4 nitrogen and oxygen atoms in total. The van der Waals surface area contributed by atoms with Crippen molar-refractivity contribution >= 4 is 12.0 Å². The smallest absolute Gasteiger partial charge is 0.244 e. The molecule has 2 aliphatic carbocycles. The molecule has 0 saturated heterocycles. The van der Waals surface area contributed by atoms with Gasteiger partial charge < -0.3 is 10.1 Å². The van der Waals surface area contributed by atoms with Crippen molar-refractivity contribution < 1.29 is 9.53 Å². The molecule has 1 aromatic rings. The van der Waals surface area contributed by atoms with Crippen molar-refractivity contribution in [3.05, 3.63) is 126 Å². The number of nitrogens with one attached hydrogen (secondary N) is 1. The van der Waals surface area contributed by atoms with E-state index in [1.807, 2.05) is 36.4 Å². The highest BCUT2D eigenvalue weighted by molar-refractivity contribution is 5.92. The van der Waals surface area contributed by atoms with Gasteiger partial charge in [-0.15, -0.1) is 0 Å². The SMILES string of the molecule is C=C(CN1CCCC2=C(C=CC(OCC3=CC=CC=CC3)C=C2)C1)C(CCC)NC(=O)/C=C/c1ccccc1.CCC. The van der Waals surface area contributed by atoms with Gasteiger partial charge in [0.2, 0.25) is 5.91 Å². The first-order valence-electron chi connectivity index (χ1n) is 15.7. The predicted molar refractivity (Wildman–Crippen MR) is 179 cm³/mol. The summed E-state index contributed by atoms with van der Waals surface area (Å²) in [6.07, 6.45) is 29.1. The molecular weight excluding hydrogens is 516 g/mol. The van der Waals surface area contributed by atoms with Crippen LogP contribution in [0.5, 0.6) is 0 Å². The minimum Gasteiger partial charge on any atom is -0.366 e. The van der Waals surface area contributed by atoms with E-state index in [0.717, 1.165) is 62.9 Å². The average Bonchev–Trinajstić information content (AvgIpc) is 3.44. The van der Waals surface area contributed by atoms with Gasteiger partial charge in [0.15, 0.2) is 0 Å². The molecule has 4 rings (SSSR count). The molecule has 1 amide bonds. The van der Waals surface area contributed by atoms with Crippen LogP contribution in [0.25, 0.3) is 6.08 Å². The van der Waals surface area contributed by atoms with Crippen LogP contribution in [0.3, 0.4) is 0 Å². The lowest BCUT2D eigenvalue weighted by atomic mass is 10.0. The maximum atomic E-state index is 12.7. The van der Waals surface area contributed by atoms with E-state index in [2.05, 4.69) is 92.3 Å². The Morgan fingerprint density at radius 2 is 1.86 bits per heavy atom. The normalized spacial score (nSPS) is 19.2. The van der Waals surface area contributed by atoms with Crippen LogP contribution in [-0.2, 0) is 9.53 Å². The Kier molecular flexibility index (Phi) is 14.8. The van der Waals surface area contributed by atoms with E-state index in [0.29, 0.717) is 6.61 Å². The molecule has 224 valence electrons. The second-order valence-corrected chi connectivity index (χ2v) is 11.2. The Hall–Kier alpha value is -3.47. The zero-order chi connectivity index (χ0) is 30.0. The zero-order valence-electron chi connectivity index (χ0n) is 25.9. The van der Waals surface area contributed by atoms with E-state index >= 15 is 0 Å². The lowest BCUT2D eigenvalue weighted by molar-refractivity contribution is -0.116. The lowest BCUT2D eigenvalue weighted by Gasteiger charge is -2.27. The quantitative estimate of drug-likeness (QED) is 0.216. The van der Waals surface area contributed by atoms with Gasteiger partial charge in [-0.1, -0.05) is 125 Å². The third kappa shape index (κ3) is 11.8. The van der Waals surface area contributed by atoms with Crippen LogP contribution in [0.15, 0.2) is 120 Å². The summed E-state index contributed by atoms with van der Waals surface area (Å²) >= 11 is 0. The molecule has 0 spiro atoms. The number of hydrogen-bond donors (Lipinski definition) is 1. The largest absolute Gasteiger partial charge is 0.366 e. The van der Waals surface area contributed by atoms with Crippen molar-refractivity contribution in [3.8, 4) is 0 Å². The van der Waals surface area contributed by atoms with E-state index in [4.69, 9.17) is 4.74 Å². The summed E-state index contributed by atoms with van der Waals surface area (Å²) in [6.45, 7) is 14.1. The molecule has 1 aromatic carbocycles. The number of benzene rings is 1. The summed E-state index contributed by atoms with van der Waals surface area (Å²) in [7, 11) is 0. The highest BCUT2D eigenvalue weighted by atomic mass is 16.5. The van der Waals surface area contributed by atoms with E-state index in [9.17, 15) is 4.79 Å². The van der Waals surface area contributed by atoms with E-state index in [1.165, 1.54) is 23.1 Å². The van der Waals surface area contributed by atoms with Crippen LogP contribution in [-0.4, -0.2) is 49.2 Å². The second-order valence-electron chi connectivity index (χ2n) is 11.2. The summed E-state index contributed by atoms with van der Waals surface area (Å²) in [4.78, 5) is 15.1. The van der Waals surface area contributed by atoms with Crippen molar-refractivity contribution in [1.82, 2.24) is 10.2 Å². The summed E-state index contributed by atoms with van der Waals surface area (Å²) in [5.74, 6) is -0.0751. The molecule has 0 saturated carbocycles. The number of ether oxygens (including phenoxy) is 1. The molecule has 2 unspecified atom stereocenters. The number of carbonyl (C=O) groups excluding carboxylic acids is 1. The fourth-order valence-electron chi connectivity index (χ4n) is 5.11. The van der Waals surface area contributed by atoms with Gasteiger partial charge in [0, 0.05) is 19.2 Å². The van der Waals surface area contributed by atoms with Crippen molar-refractivity contribution in [2.24, 2.45) is 0 Å². The fraction of sp³-hybridized carbons (Fsp3) is 0.395. The van der Waals surface area contributed by atoms with Gasteiger partial charge in [0.1, 0.15) is 0 Å². The van der Waals surface area contributed by atoms with Crippen LogP contribution >= 0.6 is 0 Å². The number of amides is 1. The molecule has 1 heterocycles. The lowest BCUT2D eigenvalue weighted by Crippen LogP contribution is -2.39. The van der Waals surface area contributed by atoms with Crippen molar-refractivity contribution in [2.45, 2.75) is 71.4 Å². The number of hydrogen-bond acceptors (Lipinski definition) is 3. The van der Waals surface area contributed by atoms with Gasteiger partial charge in [0.05, 0.1) is 18.8 Å². The second kappa shape index (κ2) is 18.9. The maximum absolute atomic E-state index is 12.7. The van der Waals surface area contributed by atoms with Crippen LogP contribution in [0.1, 0.15) is 64.9 Å². The van der Waals surface area contributed by atoms with Gasteiger partial charge >= 0.3 is 0 Å². The monoisotopic (exact) mass is 566 g/mol. The van der Waals surface area contributed by atoms with Gasteiger partial charge in [-0.05, 0) is 66.2 Å². The fourth-order valence-corrected chi connectivity index (χ4v) is 5.11. The highest BCUT2D eigenvalue weighted by Crippen LogP contribution is 2.25. The molecule has 2 atom stereocenters. The Bertz CT molecular complexity index is 1210. The minimum absolute atomic E-state index is 0.0226. The van der Waals surface area contributed by atoms with E-state index < -0.39 is 0 Å². The van der Waals surface area contributed by atoms with Crippen LogP contribution < -0.4 is 5.32 Å². The van der Waals surface area contributed by atoms with Gasteiger partial charge in [-0.3, -0.25) is 9.69 Å². The third-order valence-corrected chi connectivity index (χ3v) is 7.27. The first-order chi connectivity index (χ1) is 20.5. The highest BCUT2D eigenvalue weighted by Gasteiger charge is 2.21. The Labute approximate surface area is 254 Å². The molecule has 1 N–H and O–H groups in total. The molecule has 0 bridgehead atoms. The molecule has 0 radical (unpaired) electrons. The van der Waals surface area contributed by atoms with Crippen LogP contribution in [0.2, 0.25) is 0 Å². The van der Waals surface area contributed by atoms with Gasteiger partial charge in [0.25, 0.3) is 0 Å². The number of nitrogens with zero attached hydrogens (tertiary/aromatic N) is 1. The number of rotatable bonds is 11. The molecule has 4 heteroatoms. The average molecular weight is 567 g/mol. The summed E-state index contributed by atoms with van der Waals surface area (Å²) in [6, 6.07) is 9.86. The molecule has 1 aliphatic heterocycles. The predicted octanol–water partition coefficient (Wildman–Crippen LogP) is 8.30. The number of carbonyl (C=O) groups is 1. The summed E-state index contributed by atoms with van der Waals surface area (Å²) in [5.41, 5.74) is 6.12. The first kappa shape index (κ1) is 33.0. The van der Waals surface area contributed by atoms with E-state index in [-0.39, 0.29) is 18.1 Å². The van der Waals surface area contributed by atoms with Crippen molar-refractivity contribution in [2.75, 3.05) is 26.2 Å². The molecular formula is C38H50N2O2. The summed E-state index contributed by atoms with van der Waals surface area (Å²) < 4.78 is 6.22. The topological polar surface area (TPSA) is 41.6 Å². The number of allylic oxidation sites excluding steroid dienone is 7. The standard InChI is InChI=1S/C35H42N2O2.C3H8/c1-3-12-34(36-35(38)23-18-29-13-9-6-10-14-29)28(2)25-37-24-11-17-31-19-21-33(22-20-32(31)26-37)39-27-30-15-7-4-5-8-16-30;1-3-2/h4-10,13-15,18-23,33-34H,2-3,11-12,16-17,24-27H2,1H3,(H,36,38);3H2,1-2H3/b23-18+;. The zero-order valence-corrected chi connectivity index (χ0v) is 25.9. The van der Waals surface area contributed by atoms with Crippen molar-refractivity contribution in [3.63, 3.8) is 0 Å². The van der Waals surface area contributed by atoms with Gasteiger partial charge in [-0.2, -0.15) is 0 Å². The summed E-state index contributed by atoms with van der Waals surface area (Å²) in [5, 5.41) is 3.19. The molecule has 3 aliphatic rings. The Balaban J connectivity index is 0.00000155.